The number of nitrogens with one attached hydrogen (secondary N) is 3. The van der Waals surface area contributed by atoms with E-state index in [1.54, 1.807) is 0 Å². The Bertz CT molecular complexity index is 354. The lowest BCUT2D eigenvalue weighted by Crippen LogP contribution is -2.38. The number of rotatable bonds is 5. The highest BCUT2D eigenvalue weighted by atomic mass is 35.5. The van der Waals surface area contributed by atoms with Crippen molar-refractivity contribution in [2.75, 3.05) is 26.2 Å². The van der Waals surface area contributed by atoms with Crippen LogP contribution in [-0.2, 0) is 9.59 Å². The zero-order valence-electron chi connectivity index (χ0n) is 12.3. The molecule has 1 spiro atoms. The van der Waals surface area contributed by atoms with Crippen LogP contribution in [0.1, 0.15) is 33.1 Å². The normalized spacial score (nSPS) is 23.1. The van der Waals surface area contributed by atoms with Crippen molar-refractivity contribution in [2.24, 2.45) is 17.3 Å². The molecule has 1 saturated carbocycles. The van der Waals surface area contributed by atoms with E-state index in [9.17, 15) is 9.59 Å². The molecule has 0 aromatic carbocycles. The van der Waals surface area contributed by atoms with E-state index in [-0.39, 0.29) is 41.5 Å². The molecule has 6 heteroatoms. The van der Waals surface area contributed by atoms with Gasteiger partial charge in [-0.3, -0.25) is 9.59 Å². The summed E-state index contributed by atoms with van der Waals surface area (Å²) in [6.07, 6.45) is 3.28. The molecule has 1 aliphatic heterocycles. The van der Waals surface area contributed by atoms with E-state index in [0.29, 0.717) is 13.1 Å². The van der Waals surface area contributed by atoms with E-state index in [1.807, 2.05) is 13.8 Å². The van der Waals surface area contributed by atoms with Crippen molar-refractivity contribution < 1.29 is 9.59 Å². The molecule has 0 bridgehead atoms. The summed E-state index contributed by atoms with van der Waals surface area (Å²) in [6, 6.07) is 0. The zero-order chi connectivity index (χ0) is 13.9. The largest absolute Gasteiger partial charge is 0.354 e. The fourth-order valence-electron chi connectivity index (χ4n) is 2.89. The maximum absolute atomic E-state index is 12.0. The third-order valence-electron chi connectivity index (χ3n) is 4.35. The van der Waals surface area contributed by atoms with Gasteiger partial charge in [0, 0.05) is 24.9 Å². The Morgan fingerprint density at radius 2 is 1.80 bits per heavy atom. The molecule has 1 unspecified atom stereocenters. The van der Waals surface area contributed by atoms with Gasteiger partial charge in [0.25, 0.3) is 0 Å². The van der Waals surface area contributed by atoms with Gasteiger partial charge in [-0.1, -0.05) is 13.8 Å². The first-order valence-corrected chi connectivity index (χ1v) is 7.31. The van der Waals surface area contributed by atoms with Gasteiger partial charge in [0.2, 0.25) is 11.8 Å². The van der Waals surface area contributed by atoms with Crippen molar-refractivity contribution in [1.82, 2.24) is 16.0 Å². The van der Waals surface area contributed by atoms with Gasteiger partial charge < -0.3 is 16.0 Å². The first kappa shape index (κ1) is 17.2. The maximum Gasteiger partial charge on any atom is 0.223 e. The first-order chi connectivity index (χ1) is 9.05. The van der Waals surface area contributed by atoms with Crippen molar-refractivity contribution in [3.8, 4) is 0 Å². The smallest absolute Gasteiger partial charge is 0.223 e. The molecule has 1 saturated heterocycles. The average molecular weight is 304 g/mol. The predicted molar refractivity (Wildman–Crippen MR) is 80.7 cm³/mol. The van der Waals surface area contributed by atoms with E-state index >= 15 is 0 Å². The van der Waals surface area contributed by atoms with E-state index in [0.717, 1.165) is 32.4 Å². The Labute approximate surface area is 127 Å². The number of amides is 2. The SMILES string of the molecule is CC(C)C(=O)NCCNC(=O)C1CC12CCNCC2.Cl. The lowest BCUT2D eigenvalue weighted by atomic mass is 9.92. The van der Waals surface area contributed by atoms with Crippen molar-refractivity contribution in [1.29, 1.82) is 0 Å². The van der Waals surface area contributed by atoms with Crippen LogP contribution in [0.5, 0.6) is 0 Å². The molecule has 116 valence electrons. The third kappa shape index (κ3) is 4.09. The molecular weight excluding hydrogens is 278 g/mol. The van der Waals surface area contributed by atoms with Crippen molar-refractivity contribution in [2.45, 2.75) is 33.1 Å². The molecule has 20 heavy (non-hydrogen) atoms. The van der Waals surface area contributed by atoms with Crippen molar-refractivity contribution >= 4 is 24.2 Å². The van der Waals surface area contributed by atoms with Gasteiger partial charge in [-0.2, -0.15) is 0 Å². The summed E-state index contributed by atoms with van der Waals surface area (Å²) >= 11 is 0. The van der Waals surface area contributed by atoms with Crippen LogP contribution < -0.4 is 16.0 Å². The van der Waals surface area contributed by atoms with Crippen LogP contribution in [0.4, 0.5) is 0 Å². The Morgan fingerprint density at radius 3 is 2.40 bits per heavy atom. The summed E-state index contributed by atoms with van der Waals surface area (Å²) in [5, 5.41) is 9.08. The Morgan fingerprint density at radius 1 is 1.20 bits per heavy atom. The Hall–Kier alpha value is -0.810. The van der Waals surface area contributed by atoms with Gasteiger partial charge >= 0.3 is 0 Å². The minimum atomic E-state index is -0.00265. The summed E-state index contributed by atoms with van der Waals surface area (Å²) in [5.74, 6) is 0.406. The Kier molecular flexibility index (Phi) is 6.27. The molecule has 0 aromatic heterocycles. The third-order valence-corrected chi connectivity index (χ3v) is 4.35. The number of halogens is 1. The van der Waals surface area contributed by atoms with Crippen LogP contribution in [0.2, 0.25) is 0 Å². The van der Waals surface area contributed by atoms with Crippen molar-refractivity contribution in [3.63, 3.8) is 0 Å². The van der Waals surface area contributed by atoms with Crippen LogP contribution in [0, 0.1) is 17.3 Å². The molecule has 1 aliphatic carbocycles. The molecule has 3 N–H and O–H groups in total. The maximum atomic E-state index is 12.0. The standard InChI is InChI=1S/C14H25N3O2.ClH/c1-10(2)12(18)16-7-8-17-13(19)11-9-14(11)3-5-15-6-4-14;/h10-11,15H,3-9H2,1-2H3,(H,16,18)(H,17,19);1H. The number of piperidine rings is 1. The molecule has 2 rings (SSSR count). The topological polar surface area (TPSA) is 70.2 Å². The van der Waals surface area contributed by atoms with E-state index in [2.05, 4.69) is 16.0 Å². The van der Waals surface area contributed by atoms with E-state index in [1.165, 1.54) is 0 Å². The van der Waals surface area contributed by atoms with Crippen molar-refractivity contribution in [3.05, 3.63) is 0 Å². The number of carbonyl (C=O) groups excluding carboxylic acids is 2. The fourth-order valence-corrected chi connectivity index (χ4v) is 2.89. The minimum Gasteiger partial charge on any atom is -0.354 e. The summed E-state index contributed by atoms with van der Waals surface area (Å²) in [5.41, 5.74) is 0.288. The second kappa shape index (κ2) is 7.27. The first-order valence-electron chi connectivity index (χ1n) is 7.31. The van der Waals surface area contributed by atoms with Gasteiger partial charge in [0.1, 0.15) is 0 Å². The average Bonchev–Trinajstić information content (AvgIpc) is 3.08. The molecule has 0 radical (unpaired) electrons. The van der Waals surface area contributed by atoms with Gasteiger partial charge in [-0.05, 0) is 37.8 Å². The molecule has 5 nitrogen and oxygen atoms in total. The number of hydrogen-bond donors (Lipinski definition) is 3. The second-order valence-corrected chi connectivity index (χ2v) is 6.11. The number of carbonyl (C=O) groups is 2. The van der Waals surface area contributed by atoms with Gasteiger partial charge in [0.05, 0.1) is 0 Å². The molecule has 2 amide bonds. The minimum absolute atomic E-state index is 0. The lowest BCUT2D eigenvalue weighted by molar-refractivity contribution is -0.125. The number of hydrogen-bond acceptors (Lipinski definition) is 3. The molecule has 2 aliphatic rings. The van der Waals surface area contributed by atoms with Crippen LogP contribution in [-0.4, -0.2) is 38.0 Å². The van der Waals surface area contributed by atoms with E-state index in [4.69, 9.17) is 0 Å². The van der Waals surface area contributed by atoms with Crippen LogP contribution in [0.15, 0.2) is 0 Å². The summed E-state index contributed by atoms with van der Waals surface area (Å²) in [7, 11) is 0. The monoisotopic (exact) mass is 303 g/mol. The predicted octanol–water partition coefficient (Wildman–Crippen LogP) is 0.686. The Balaban J connectivity index is 0.00000200. The van der Waals surface area contributed by atoms with Gasteiger partial charge in [-0.25, -0.2) is 0 Å². The van der Waals surface area contributed by atoms with Gasteiger partial charge in [-0.15, -0.1) is 12.4 Å². The molecule has 0 aromatic rings. The highest BCUT2D eigenvalue weighted by molar-refractivity contribution is 5.85. The highest BCUT2D eigenvalue weighted by Gasteiger charge is 2.57. The lowest BCUT2D eigenvalue weighted by Gasteiger charge is -2.23. The molecule has 2 fully saturated rings. The summed E-state index contributed by atoms with van der Waals surface area (Å²) in [4.78, 5) is 23.4. The van der Waals surface area contributed by atoms with Crippen LogP contribution >= 0.6 is 12.4 Å². The van der Waals surface area contributed by atoms with Crippen LogP contribution in [0.25, 0.3) is 0 Å². The molecule has 1 atom stereocenters. The fraction of sp³-hybridized carbons (Fsp3) is 0.857. The quantitative estimate of drug-likeness (QED) is 0.654. The summed E-state index contributed by atoms with van der Waals surface area (Å²) in [6.45, 7) is 6.84. The molecular formula is C14H26ClN3O2. The summed E-state index contributed by atoms with van der Waals surface area (Å²) < 4.78 is 0. The zero-order valence-corrected chi connectivity index (χ0v) is 13.1. The van der Waals surface area contributed by atoms with E-state index < -0.39 is 0 Å². The second-order valence-electron chi connectivity index (χ2n) is 6.11. The molecule has 1 heterocycles. The van der Waals surface area contributed by atoms with Crippen LogP contribution in [0.3, 0.4) is 0 Å². The van der Waals surface area contributed by atoms with Gasteiger partial charge in [0.15, 0.2) is 0 Å². The highest BCUT2D eigenvalue weighted by Crippen LogP contribution is 2.58.